The molecule has 1 aliphatic heterocycles. The summed E-state index contributed by atoms with van der Waals surface area (Å²) in [7, 11) is 0. The highest BCUT2D eigenvalue weighted by Gasteiger charge is 2.27. The monoisotopic (exact) mass is 318 g/mol. The molecule has 1 saturated heterocycles. The van der Waals surface area contributed by atoms with E-state index in [0.717, 1.165) is 35.4 Å². The zero-order valence-corrected chi connectivity index (χ0v) is 12.1. The molecule has 2 unspecified atom stereocenters. The molecule has 1 heterocycles. The minimum atomic E-state index is -0.0449. The molecule has 2 nitrogen and oxygen atoms in total. The normalized spacial score (nSPS) is 21.5. The third kappa shape index (κ3) is 3.15. The van der Waals surface area contributed by atoms with Gasteiger partial charge in [0.15, 0.2) is 0 Å². The Balaban J connectivity index is 2.24. The molecule has 0 spiro atoms. The van der Waals surface area contributed by atoms with Crippen LogP contribution in [0.3, 0.4) is 0 Å². The Bertz CT molecular complexity index is 378. The first kappa shape index (κ1) is 13.2. The molecule has 4 heteroatoms. The lowest BCUT2D eigenvalue weighted by Gasteiger charge is -2.19. The molecule has 0 aliphatic carbocycles. The number of hydrogen-bond acceptors (Lipinski definition) is 2. The molecular formula is C13H16BrClO2. The van der Waals surface area contributed by atoms with E-state index in [2.05, 4.69) is 15.9 Å². The molecule has 94 valence electrons. The molecule has 2 rings (SSSR count). The van der Waals surface area contributed by atoms with E-state index in [0.29, 0.717) is 12.5 Å². The predicted octanol–water partition coefficient (Wildman–Crippen LogP) is 4.16. The molecular weight excluding hydrogens is 303 g/mol. The van der Waals surface area contributed by atoms with Crippen molar-refractivity contribution in [3.05, 3.63) is 28.2 Å². The van der Waals surface area contributed by atoms with Crippen molar-refractivity contribution in [3.8, 4) is 5.75 Å². The Kier molecular flexibility index (Phi) is 4.71. The van der Waals surface area contributed by atoms with Crippen LogP contribution in [0.4, 0.5) is 0 Å². The molecule has 17 heavy (non-hydrogen) atoms. The molecule has 2 atom stereocenters. The maximum Gasteiger partial charge on any atom is 0.124 e. The minimum absolute atomic E-state index is 0.0449. The van der Waals surface area contributed by atoms with E-state index in [1.165, 1.54) is 0 Å². The van der Waals surface area contributed by atoms with Crippen LogP contribution in [0.5, 0.6) is 5.75 Å². The zero-order valence-electron chi connectivity index (χ0n) is 9.79. The fraction of sp³-hybridized carbons (Fsp3) is 0.538. The highest BCUT2D eigenvalue weighted by atomic mass is 79.9. The van der Waals surface area contributed by atoms with E-state index in [-0.39, 0.29) is 5.38 Å². The predicted molar refractivity (Wildman–Crippen MR) is 72.8 cm³/mol. The largest absolute Gasteiger partial charge is 0.494 e. The van der Waals surface area contributed by atoms with Gasteiger partial charge in [-0.1, -0.05) is 15.9 Å². The maximum atomic E-state index is 6.54. The molecule has 0 saturated carbocycles. The molecule has 1 aliphatic rings. The van der Waals surface area contributed by atoms with E-state index in [1.807, 2.05) is 25.1 Å². The van der Waals surface area contributed by atoms with Gasteiger partial charge in [-0.3, -0.25) is 0 Å². The molecule has 0 radical (unpaired) electrons. The van der Waals surface area contributed by atoms with Gasteiger partial charge in [-0.2, -0.15) is 0 Å². The quantitative estimate of drug-likeness (QED) is 0.776. The van der Waals surface area contributed by atoms with Crippen LogP contribution in [0.1, 0.15) is 24.3 Å². The second-order valence-electron chi connectivity index (χ2n) is 4.14. The highest BCUT2D eigenvalue weighted by Crippen LogP contribution is 2.40. The number of alkyl halides is 1. The summed E-state index contributed by atoms with van der Waals surface area (Å²) in [6.07, 6.45) is 1.02. The topological polar surface area (TPSA) is 18.5 Å². The van der Waals surface area contributed by atoms with Gasteiger partial charge >= 0.3 is 0 Å². The van der Waals surface area contributed by atoms with Crippen LogP contribution in [0.15, 0.2) is 22.7 Å². The third-order valence-corrected chi connectivity index (χ3v) is 4.03. The van der Waals surface area contributed by atoms with Crippen LogP contribution >= 0.6 is 27.5 Å². The van der Waals surface area contributed by atoms with Gasteiger partial charge < -0.3 is 9.47 Å². The van der Waals surface area contributed by atoms with Gasteiger partial charge in [-0.15, -0.1) is 11.6 Å². The lowest BCUT2D eigenvalue weighted by Crippen LogP contribution is -2.09. The second-order valence-corrected chi connectivity index (χ2v) is 5.53. The summed E-state index contributed by atoms with van der Waals surface area (Å²) in [5.74, 6) is 1.26. The number of ether oxygens (including phenoxy) is 2. The molecule has 1 aromatic carbocycles. The van der Waals surface area contributed by atoms with Crippen LogP contribution in [-0.4, -0.2) is 19.8 Å². The van der Waals surface area contributed by atoms with Gasteiger partial charge in [0.2, 0.25) is 0 Å². The van der Waals surface area contributed by atoms with Crippen LogP contribution in [0.25, 0.3) is 0 Å². The van der Waals surface area contributed by atoms with Gasteiger partial charge in [0.25, 0.3) is 0 Å². The summed E-state index contributed by atoms with van der Waals surface area (Å²) in [4.78, 5) is 0. The third-order valence-electron chi connectivity index (χ3n) is 2.95. The summed E-state index contributed by atoms with van der Waals surface area (Å²) < 4.78 is 12.0. The first-order valence-electron chi connectivity index (χ1n) is 5.86. The number of rotatable bonds is 4. The smallest absolute Gasteiger partial charge is 0.124 e. The summed E-state index contributed by atoms with van der Waals surface area (Å²) in [5.41, 5.74) is 1.05. The Labute approximate surface area is 115 Å². The van der Waals surface area contributed by atoms with Crippen molar-refractivity contribution >= 4 is 27.5 Å². The molecule has 0 aromatic heterocycles. The Morgan fingerprint density at radius 3 is 3.06 bits per heavy atom. The molecule has 0 bridgehead atoms. The van der Waals surface area contributed by atoms with Crippen molar-refractivity contribution in [1.82, 2.24) is 0 Å². The van der Waals surface area contributed by atoms with Gasteiger partial charge in [0.1, 0.15) is 5.75 Å². The number of halogens is 2. The van der Waals surface area contributed by atoms with Gasteiger partial charge in [-0.05, 0) is 31.5 Å². The molecule has 0 amide bonds. The lowest BCUT2D eigenvalue weighted by atomic mass is 9.97. The zero-order chi connectivity index (χ0) is 12.3. The summed E-state index contributed by atoms with van der Waals surface area (Å²) in [6, 6.07) is 5.98. The fourth-order valence-electron chi connectivity index (χ4n) is 2.06. The minimum Gasteiger partial charge on any atom is -0.494 e. The Morgan fingerprint density at radius 1 is 1.59 bits per heavy atom. The van der Waals surface area contributed by atoms with Crippen LogP contribution in [0, 0.1) is 5.92 Å². The first-order valence-corrected chi connectivity index (χ1v) is 7.09. The molecule has 0 N–H and O–H groups in total. The van der Waals surface area contributed by atoms with Crippen LogP contribution < -0.4 is 4.74 Å². The molecule has 1 aromatic rings. The van der Waals surface area contributed by atoms with E-state index >= 15 is 0 Å². The SMILES string of the molecule is CCOc1ccc(Br)cc1C(Cl)C1CCOC1. The lowest BCUT2D eigenvalue weighted by molar-refractivity contribution is 0.185. The Morgan fingerprint density at radius 2 is 2.41 bits per heavy atom. The van der Waals surface area contributed by atoms with Gasteiger partial charge in [0.05, 0.1) is 18.6 Å². The highest BCUT2D eigenvalue weighted by molar-refractivity contribution is 9.10. The standard InChI is InChI=1S/C13H16BrClO2/c1-2-17-12-4-3-10(14)7-11(12)13(15)9-5-6-16-8-9/h3-4,7,9,13H,2,5-6,8H2,1H3. The average Bonchev–Trinajstić information content (AvgIpc) is 2.84. The van der Waals surface area contributed by atoms with Crippen LogP contribution in [-0.2, 0) is 4.74 Å². The fourth-order valence-corrected chi connectivity index (χ4v) is 2.81. The summed E-state index contributed by atoms with van der Waals surface area (Å²) >= 11 is 10.0. The van der Waals surface area contributed by atoms with Gasteiger partial charge in [0, 0.05) is 22.6 Å². The number of benzene rings is 1. The summed E-state index contributed by atoms with van der Waals surface area (Å²) in [5, 5.41) is -0.0449. The summed E-state index contributed by atoms with van der Waals surface area (Å²) in [6.45, 7) is 4.19. The second kappa shape index (κ2) is 6.07. The number of hydrogen-bond donors (Lipinski definition) is 0. The van der Waals surface area contributed by atoms with Crippen molar-refractivity contribution < 1.29 is 9.47 Å². The van der Waals surface area contributed by atoms with Crippen molar-refractivity contribution in [2.75, 3.05) is 19.8 Å². The average molecular weight is 320 g/mol. The maximum absolute atomic E-state index is 6.54. The van der Waals surface area contributed by atoms with E-state index < -0.39 is 0 Å². The van der Waals surface area contributed by atoms with Crippen molar-refractivity contribution in [3.63, 3.8) is 0 Å². The van der Waals surface area contributed by atoms with E-state index in [1.54, 1.807) is 0 Å². The molecule has 1 fully saturated rings. The van der Waals surface area contributed by atoms with Crippen molar-refractivity contribution in [2.24, 2.45) is 5.92 Å². The van der Waals surface area contributed by atoms with Crippen molar-refractivity contribution in [1.29, 1.82) is 0 Å². The van der Waals surface area contributed by atoms with E-state index in [9.17, 15) is 0 Å². The van der Waals surface area contributed by atoms with Crippen molar-refractivity contribution in [2.45, 2.75) is 18.7 Å². The van der Waals surface area contributed by atoms with Crippen LogP contribution in [0.2, 0.25) is 0 Å². The Hall–Kier alpha value is -0.250. The first-order chi connectivity index (χ1) is 8.22. The van der Waals surface area contributed by atoms with Gasteiger partial charge in [-0.25, -0.2) is 0 Å². The van der Waals surface area contributed by atoms with E-state index in [4.69, 9.17) is 21.1 Å².